The Labute approximate surface area is 156 Å². The molecule has 0 aliphatic heterocycles. The number of hydrogen-bond acceptors (Lipinski definition) is 5. The molecule has 0 fully saturated rings. The van der Waals surface area contributed by atoms with E-state index in [0.29, 0.717) is 40.8 Å². The van der Waals surface area contributed by atoms with Crippen LogP contribution in [-0.2, 0) is 12.8 Å². The molecule has 1 aliphatic rings. The van der Waals surface area contributed by atoms with Gasteiger partial charge in [-0.2, -0.15) is 0 Å². The fourth-order valence-electron chi connectivity index (χ4n) is 3.12. The van der Waals surface area contributed by atoms with Gasteiger partial charge < -0.3 is 20.5 Å². The molecule has 1 heterocycles. The average molecular weight is 374 g/mol. The van der Waals surface area contributed by atoms with Crippen LogP contribution in [0.25, 0.3) is 0 Å². The molecule has 2 aromatic rings. The molecule has 3 N–H and O–H groups in total. The Morgan fingerprint density at radius 3 is 2.58 bits per heavy atom. The second-order valence-electron chi connectivity index (χ2n) is 5.91. The van der Waals surface area contributed by atoms with Crippen LogP contribution in [0, 0.1) is 0 Å². The molecule has 0 spiro atoms. The highest BCUT2D eigenvalue weighted by molar-refractivity contribution is 7.17. The zero-order chi connectivity index (χ0) is 18.7. The number of benzene rings is 1. The third kappa shape index (κ3) is 3.53. The van der Waals surface area contributed by atoms with Gasteiger partial charge in [0.2, 0.25) is 0 Å². The number of thiophene rings is 1. The fraction of sp³-hybridized carbons (Fsp3) is 0.368. The molecule has 1 aliphatic carbocycles. The number of rotatable bonds is 7. The standard InChI is InChI=1S/C19H22N2O4S/c1-3-24-13-9-8-11(10-14(13)25-4-2)18(23)21-19-16(17(20)22)12-6-5-7-15(12)26-19/h8-10H,3-7H2,1-2H3,(H2,20,22)(H,21,23). The summed E-state index contributed by atoms with van der Waals surface area (Å²) in [4.78, 5) is 25.7. The lowest BCUT2D eigenvalue weighted by molar-refractivity contribution is 0.100. The molecule has 2 amide bonds. The minimum Gasteiger partial charge on any atom is -0.490 e. The number of primary amides is 1. The van der Waals surface area contributed by atoms with Crippen molar-refractivity contribution in [3.8, 4) is 11.5 Å². The quantitative estimate of drug-likeness (QED) is 0.777. The maximum Gasteiger partial charge on any atom is 0.256 e. The molecule has 6 nitrogen and oxygen atoms in total. The van der Waals surface area contributed by atoms with Gasteiger partial charge in [-0.1, -0.05) is 0 Å². The first-order chi connectivity index (χ1) is 12.5. The molecule has 1 aromatic carbocycles. The monoisotopic (exact) mass is 374 g/mol. The van der Waals surface area contributed by atoms with Crippen LogP contribution in [0.4, 0.5) is 5.00 Å². The van der Waals surface area contributed by atoms with Crippen LogP contribution in [0.5, 0.6) is 11.5 Å². The Kier molecular flexibility index (Phi) is 5.46. The van der Waals surface area contributed by atoms with Crippen molar-refractivity contribution in [2.75, 3.05) is 18.5 Å². The third-order valence-electron chi connectivity index (χ3n) is 4.20. The zero-order valence-corrected chi connectivity index (χ0v) is 15.7. The van der Waals surface area contributed by atoms with Crippen molar-refractivity contribution in [3.05, 3.63) is 39.8 Å². The van der Waals surface area contributed by atoms with E-state index in [1.165, 1.54) is 11.3 Å². The van der Waals surface area contributed by atoms with Gasteiger partial charge in [0.15, 0.2) is 11.5 Å². The largest absolute Gasteiger partial charge is 0.490 e. The Hall–Kier alpha value is -2.54. The highest BCUT2D eigenvalue weighted by Gasteiger charge is 2.26. The number of nitrogens with two attached hydrogens (primary N) is 1. The number of nitrogens with one attached hydrogen (secondary N) is 1. The molecule has 0 saturated heterocycles. The number of anilines is 1. The lowest BCUT2D eigenvalue weighted by Gasteiger charge is -2.12. The van der Waals surface area contributed by atoms with Gasteiger partial charge in [-0.15, -0.1) is 11.3 Å². The van der Waals surface area contributed by atoms with Gasteiger partial charge in [0.05, 0.1) is 18.8 Å². The van der Waals surface area contributed by atoms with Gasteiger partial charge in [0.1, 0.15) is 5.00 Å². The summed E-state index contributed by atoms with van der Waals surface area (Å²) in [5.74, 6) is 0.308. The summed E-state index contributed by atoms with van der Waals surface area (Å²) in [5, 5.41) is 3.37. The highest BCUT2D eigenvalue weighted by atomic mass is 32.1. The molecule has 0 unspecified atom stereocenters. The van der Waals surface area contributed by atoms with Crippen LogP contribution < -0.4 is 20.5 Å². The number of amides is 2. The number of hydrogen-bond donors (Lipinski definition) is 2. The summed E-state index contributed by atoms with van der Waals surface area (Å²) in [6.07, 6.45) is 2.78. The molecular weight excluding hydrogens is 352 g/mol. The molecule has 26 heavy (non-hydrogen) atoms. The molecule has 0 saturated carbocycles. The first-order valence-corrected chi connectivity index (χ1v) is 9.52. The van der Waals surface area contributed by atoms with Crippen LogP contribution >= 0.6 is 11.3 Å². The summed E-state index contributed by atoms with van der Waals surface area (Å²) >= 11 is 1.44. The van der Waals surface area contributed by atoms with E-state index in [-0.39, 0.29) is 5.91 Å². The van der Waals surface area contributed by atoms with Crippen molar-refractivity contribution in [2.24, 2.45) is 5.73 Å². The SMILES string of the molecule is CCOc1ccc(C(=O)Nc2sc3c(c2C(N)=O)CCC3)cc1OCC. The van der Waals surface area contributed by atoms with Gasteiger partial charge in [0, 0.05) is 10.4 Å². The van der Waals surface area contributed by atoms with Crippen LogP contribution in [0.3, 0.4) is 0 Å². The van der Waals surface area contributed by atoms with Crippen molar-refractivity contribution in [3.63, 3.8) is 0 Å². The average Bonchev–Trinajstić information content (AvgIpc) is 3.17. The van der Waals surface area contributed by atoms with Gasteiger partial charge in [-0.05, 0) is 56.9 Å². The van der Waals surface area contributed by atoms with E-state index in [4.69, 9.17) is 15.2 Å². The number of aryl methyl sites for hydroxylation is 1. The number of ether oxygens (including phenoxy) is 2. The van der Waals surface area contributed by atoms with Crippen LogP contribution in [-0.4, -0.2) is 25.0 Å². The Morgan fingerprint density at radius 1 is 1.15 bits per heavy atom. The van der Waals surface area contributed by atoms with Crippen molar-refractivity contribution < 1.29 is 19.1 Å². The molecule has 138 valence electrons. The minimum atomic E-state index is -0.499. The van der Waals surface area contributed by atoms with Crippen LogP contribution in [0.15, 0.2) is 18.2 Å². The Morgan fingerprint density at radius 2 is 1.88 bits per heavy atom. The number of fused-ring (bicyclic) bond motifs is 1. The van der Waals surface area contributed by atoms with E-state index in [1.54, 1.807) is 18.2 Å². The van der Waals surface area contributed by atoms with E-state index in [1.807, 2.05) is 13.8 Å². The summed E-state index contributed by atoms with van der Waals surface area (Å²) in [5.41, 5.74) is 7.41. The minimum absolute atomic E-state index is 0.309. The van der Waals surface area contributed by atoms with Gasteiger partial charge in [0.25, 0.3) is 11.8 Å². The predicted octanol–water partition coefficient (Wildman–Crippen LogP) is 3.39. The maximum absolute atomic E-state index is 12.7. The molecule has 1 aromatic heterocycles. The number of carbonyl (C=O) groups excluding carboxylic acids is 2. The smallest absolute Gasteiger partial charge is 0.256 e. The van der Waals surface area contributed by atoms with Crippen molar-refractivity contribution in [1.29, 1.82) is 0 Å². The molecule has 0 atom stereocenters. The topological polar surface area (TPSA) is 90.6 Å². The highest BCUT2D eigenvalue weighted by Crippen LogP contribution is 2.39. The van der Waals surface area contributed by atoms with E-state index in [2.05, 4.69) is 5.32 Å². The summed E-state index contributed by atoms with van der Waals surface area (Å²) in [6, 6.07) is 5.04. The van der Waals surface area contributed by atoms with Crippen LogP contribution in [0.1, 0.15) is 51.4 Å². The maximum atomic E-state index is 12.7. The molecule has 3 rings (SSSR count). The second kappa shape index (κ2) is 7.78. The zero-order valence-electron chi connectivity index (χ0n) is 14.9. The Bertz CT molecular complexity index is 844. The molecule has 7 heteroatoms. The van der Waals surface area contributed by atoms with Crippen molar-refractivity contribution >= 4 is 28.2 Å². The van der Waals surface area contributed by atoms with E-state index < -0.39 is 5.91 Å². The van der Waals surface area contributed by atoms with Crippen LogP contribution in [0.2, 0.25) is 0 Å². The fourth-order valence-corrected chi connectivity index (χ4v) is 4.41. The summed E-state index contributed by atoms with van der Waals surface area (Å²) in [6.45, 7) is 4.73. The van der Waals surface area contributed by atoms with Gasteiger partial charge in [-0.25, -0.2) is 0 Å². The first kappa shape index (κ1) is 18.3. The molecular formula is C19H22N2O4S. The van der Waals surface area contributed by atoms with E-state index >= 15 is 0 Å². The van der Waals surface area contributed by atoms with Crippen molar-refractivity contribution in [2.45, 2.75) is 33.1 Å². The first-order valence-electron chi connectivity index (χ1n) is 8.70. The van der Waals surface area contributed by atoms with Gasteiger partial charge in [-0.3, -0.25) is 9.59 Å². The third-order valence-corrected chi connectivity index (χ3v) is 5.41. The normalized spacial score (nSPS) is 12.5. The van der Waals surface area contributed by atoms with E-state index in [9.17, 15) is 9.59 Å². The summed E-state index contributed by atoms with van der Waals surface area (Å²) < 4.78 is 11.1. The number of carbonyl (C=O) groups is 2. The lowest BCUT2D eigenvalue weighted by atomic mass is 10.1. The lowest BCUT2D eigenvalue weighted by Crippen LogP contribution is -2.18. The predicted molar refractivity (Wildman–Crippen MR) is 102 cm³/mol. The van der Waals surface area contributed by atoms with Gasteiger partial charge >= 0.3 is 0 Å². The molecule has 0 bridgehead atoms. The summed E-state index contributed by atoms with van der Waals surface area (Å²) in [7, 11) is 0. The second-order valence-corrected chi connectivity index (χ2v) is 7.01. The molecule has 0 radical (unpaired) electrons. The van der Waals surface area contributed by atoms with Crippen molar-refractivity contribution in [1.82, 2.24) is 0 Å². The Balaban J connectivity index is 1.87. The van der Waals surface area contributed by atoms with E-state index in [0.717, 1.165) is 29.7 Å².